The fraction of sp³-hybridized carbons (Fsp3) is 0.316. The van der Waals surface area contributed by atoms with Crippen LogP contribution in [-0.4, -0.2) is 29.9 Å². The van der Waals surface area contributed by atoms with Crippen molar-refractivity contribution in [1.29, 1.82) is 0 Å². The summed E-state index contributed by atoms with van der Waals surface area (Å²) in [6, 6.07) is 8.47. The Bertz CT molecular complexity index is 782. The number of benzene rings is 1. The Morgan fingerprint density at radius 3 is 2.46 bits per heavy atom. The van der Waals surface area contributed by atoms with Crippen LogP contribution >= 0.6 is 7.60 Å². The van der Waals surface area contributed by atoms with E-state index < -0.39 is 7.60 Å². The topological polar surface area (TPSA) is 77.9 Å². The summed E-state index contributed by atoms with van der Waals surface area (Å²) in [7, 11) is -3.54. The van der Waals surface area contributed by atoms with Crippen LogP contribution in [0, 0.1) is 0 Å². The lowest BCUT2D eigenvalue weighted by Crippen LogP contribution is -1.99. The molecule has 0 radical (unpaired) electrons. The van der Waals surface area contributed by atoms with Gasteiger partial charge in [0.05, 0.1) is 25.1 Å². The van der Waals surface area contributed by atoms with Gasteiger partial charge in [-0.2, -0.15) is 0 Å². The fourth-order valence-electron chi connectivity index (χ4n) is 2.40. The van der Waals surface area contributed by atoms with Gasteiger partial charge in [-0.3, -0.25) is 9.55 Å². The zero-order valence-corrected chi connectivity index (χ0v) is 16.1. The molecule has 0 atom stereocenters. The summed E-state index contributed by atoms with van der Waals surface area (Å²) in [6.07, 6.45) is 4.96. The molecule has 0 aliphatic rings. The third-order valence-corrected chi connectivity index (χ3v) is 5.61. The second-order valence-corrected chi connectivity index (χ2v) is 7.26. The van der Waals surface area contributed by atoms with E-state index in [1.54, 1.807) is 56.6 Å². The highest BCUT2D eigenvalue weighted by molar-refractivity contribution is 7.65. The zero-order chi connectivity index (χ0) is 19.0. The molecule has 2 aromatic rings. The Hall–Kier alpha value is -2.14. The first kappa shape index (κ1) is 20.2. The lowest BCUT2D eigenvalue weighted by atomic mass is 10.1. The van der Waals surface area contributed by atoms with E-state index in [0.29, 0.717) is 28.8 Å². The quantitative estimate of drug-likeness (QED) is 0.623. The number of nitrogens with zero attached hydrogens (tertiary/aromatic N) is 1. The number of hydrogen-bond acceptors (Lipinski definition) is 6. The third-order valence-electron chi connectivity index (χ3n) is 3.44. The fourth-order valence-corrected chi connectivity index (χ4v) is 4.19. The zero-order valence-electron chi connectivity index (χ0n) is 15.2. The molecule has 1 heterocycles. The van der Waals surface area contributed by atoms with Crippen molar-refractivity contribution >= 4 is 19.0 Å². The number of phenols is 1. The van der Waals surface area contributed by atoms with E-state index in [1.165, 1.54) is 6.07 Å². The first-order chi connectivity index (χ1) is 12.5. The standard InChI is InChI=1S/C19H24NO5P/c1-4-23-18-12-15(9-10-17(18)21)13-19(16-8-7-11-20-14-16)26(22,24-5-2)25-6-3/h7-14,21H,4-6H2,1-3H3/b19-13+. The summed E-state index contributed by atoms with van der Waals surface area (Å²) >= 11 is 0. The highest BCUT2D eigenvalue weighted by Gasteiger charge is 2.31. The molecule has 0 spiro atoms. The van der Waals surface area contributed by atoms with E-state index >= 15 is 0 Å². The molecule has 0 saturated carbocycles. The summed E-state index contributed by atoms with van der Waals surface area (Å²) in [5, 5.41) is 10.3. The molecular formula is C19H24NO5P. The third kappa shape index (κ3) is 4.94. The summed E-state index contributed by atoms with van der Waals surface area (Å²) in [5.41, 5.74) is 1.34. The Morgan fingerprint density at radius 2 is 1.88 bits per heavy atom. The maximum Gasteiger partial charge on any atom is 0.361 e. The minimum atomic E-state index is -3.54. The van der Waals surface area contributed by atoms with Crippen LogP contribution in [0.2, 0.25) is 0 Å². The maximum absolute atomic E-state index is 13.4. The van der Waals surface area contributed by atoms with Crippen molar-refractivity contribution in [2.75, 3.05) is 19.8 Å². The average molecular weight is 377 g/mol. The molecule has 6 nitrogen and oxygen atoms in total. The number of ether oxygens (including phenoxy) is 1. The molecule has 26 heavy (non-hydrogen) atoms. The van der Waals surface area contributed by atoms with Crippen molar-refractivity contribution in [3.05, 3.63) is 53.9 Å². The van der Waals surface area contributed by atoms with Gasteiger partial charge >= 0.3 is 7.60 Å². The molecule has 0 unspecified atom stereocenters. The van der Waals surface area contributed by atoms with Crippen molar-refractivity contribution in [2.24, 2.45) is 0 Å². The van der Waals surface area contributed by atoms with E-state index in [1.807, 2.05) is 6.92 Å². The van der Waals surface area contributed by atoms with Crippen LogP contribution in [0.4, 0.5) is 0 Å². The van der Waals surface area contributed by atoms with Crippen molar-refractivity contribution in [1.82, 2.24) is 4.98 Å². The van der Waals surface area contributed by atoms with E-state index in [-0.39, 0.29) is 19.0 Å². The highest BCUT2D eigenvalue weighted by atomic mass is 31.2. The highest BCUT2D eigenvalue weighted by Crippen LogP contribution is 2.61. The van der Waals surface area contributed by atoms with Crippen LogP contribution in [0.3, 0.4) is 0 Å². The van der Waals surface area contributed by atoms with Crippen molar-refractivity contribution in [3.8, 4) is 11.5 Å². The first-order valence-electron chi connectivity index (χ1n) is 8.51. The van der Waals surface area contributed by atoms with Crippen LogP contribution in [0.25, 0.3) is 11.4 Å². The Kier molecular flexibility index (Phi) is 7.39. The van der Waals surface area contributed by atoms with Crippen LogP contribution in [-0.2, 0) is 13.6 Å². The Labute approximate surface area is 154 Å². The number of aromatic nitrogens is 1. The lowest BCUT2D eigenvalue weighted by Gasteiger charge is -2.20. The van der Waals surface area contributed by atoms with E-state index in [4.69, 9.17) is 13.8 Å². The number of aromatic hydroxyl groups is 1. The molecule has 1 N–H and O–H groups in total. The van der Waals surface area contributed by atoms with Crippen LogP contribution in [0.15, 0.2) is 42.7 Å². The van der Waals surface area contributed by atoms with Gasteiger partial charge in [-0.1, -0.05) is 12.1 Å². The predicted octanol–water partition coefficient (Wildman–Crippen LogP) is 4.95. The maximum atomic E-state index is 13.4. The van der Waals surface area contributed by atoms with Gasteiger partial charge in [-0.05, 0) is 50.6 Å². The SMILES string of the molecule is CCOc1cc(/C=C(\c2cccnc2)P(=O)(OCC)OCC)ccc1O. The summed E-state index contributed by atoms with van der Waals surface area (Å²) in [5.74, 6) is 0.402. The van der Waals surface area contributed by atoms with Gasteiger partial charge < -0.3 is 18.9 Å². The second-order valence-electron chi connectivity index (χ2n) is 5.26. The van der Waals surface area contributed by atoms with Gasteiger partial charge in [-0.25, -0.2) is 0 Å². The molecule has 1 aromatic heterocycles. The molecular weight excluding hydrogens is 353 g/mol. The minimum Gasteiger partial charge on any atom is -0.504 e. The van der Waals surface area contributed by atoms with Crippen LogP contribution in [0.5, 0.6) is 11.5 Å². The molecule has 1 aromatic carbocycles. The molecule has 0 aliphatic heterocycles. The van der Waals surface area contributed by atoms with Gasteiger partial charge in [0.2, 0.25) is 0 Å². The van der Waals surface area contributed by atoms with Crippen LogP contribution in [0.1, 0.15) is 31.9 Å². The first-order valence-corrected chi connectivity index (χ1v) is 10.1. The molecule has 2 rings (SSSR count). The van der Waals surface area contributed by atoms with Gasteiger partial charge in [0.1, 0.15) is 0 Å². The number of hydrogen-bond donors (Lipinski definition) is 1. The van der Waals surface area contributed by atoms with Gasteiger partial charge in [0, 0.05) is 18.0 Å². The molecule has 0 aliphatic carbocycles. The minimum absolute atomic E-state index is 0.0460. The van der Waals surface area contributed by atoms with E-state index in [0.717, 1.165) is 0 Å². The molecule has 140 valence electrons. The van der Waals surface area contributed by atoms with Gasteiger partial charge in [-0.15, -0.1) is 0 Å². The van der Waals surface area contributed by atoms with Crippen molar-refractivity contribution in [3.63, 3.8) is 0 Å². The van der Waals surface area contributed by atoms with Crippen LogP contribution < -0.4 is 4.74 Å². The number of pyridine rings is 1. The van der Waals surface area contributed by atoms with E-state index in [2.05, 4.69) is 4.98 Å². The van der Waals surface area contributed by atoms with E-state index in [9.17, 15) is 9.67 Å². The number of rotatable bonds is 9. The largest absolute Gasteiger partial charge is 0.504 e. The Balaban J connectivity index is 2.59. The molecule has 0 fully saturated rings. The summed E-state index contributed by atoms with van der Waals surface area (Å²) < 4.78 is 29.8. The number of phenolic OH excluding ortho intramolecular Hbond substituents is 1. The average Bonchev–Trinajstić information content (AvgIpc) is 2.63. The second kappa shape index (κ2) is 9.53. The van der Waals surface area contributed by atoms with Crippen molar-refractivity contribution < 1.29 is 23.5 Å². The monoisotopic (exact) mass is 377 g/mol. The lowest BCUT2D eigenvalue weighted by molar-refractivity contribution is 0.231. The molecule has 0 saturated heterocycles. The normalized spacial score (nSPS) is 12.2. The molecule has 7 heteroatoms. The summed E-state index contributed by atoms with van der Waals surface area (Å²) in [4.78, 5) is 4.10. The van der Waals surface area contributed by atoms with Gasteiger partial charge in [0.15, 0.2) is 11.5 Å². The molecule has 0 bridgehead atoms. The van der Waals surface area contributed by atoms with Crippen molar-refractivity contribution in [2.45, 2.75) is 20.8 Å². The predicted molar refractivity (Wildman–Crippen MR) is 102 cm³/mol. The summed E-state index contributed by atoms with van der Waals surface area (Å²) in [6.45, 7) is 6.28. The smallest absolute Gasteiger partial charge is 0.361 e. The Morgan fingerprint density at radius 1 is 1.15 bits per heavy atom. The molecule has 0 amide bonds. The van der Waals surface area contributed by atoms with Gasteiger partial charge in [0.25, 0.3) is 0 Å².